The summed E-state index contributed by atoms with van der Waals surface area (Å²) in [6.07, 6.45) is 11.4. The highest BCUT2D eigenvalue weighted by Crippen LogP contribution is 2.24. The normalized spacial score (nSPS) is 16.9. The minimum Gasteiger partial charge on any atom is -0.489 e. The molecular formula is C25H30O2. The lowest BCUT2D eigenvalue weighted by molar-refractivity contribution is 0.0267. The molecule has 0 aromatic heterocycles. The van der Waals surface area contributed by atoms with Crippen molar-refractivity contribution in [3.05, 3.63) is 95.8 Å². The third-order valence-electron chi connectivity index (χ3n) is 4.90. The van der Waals surface area contributed by atoms with E-state index in [2.05, 4.69) is 61.5 Å². The zero-order chi connectivity index (χ0) is 18.7. The van der Waals surface area contributed by atoms with E-state index in [1.54, 1.807) is 0 Å². The second-order valence-electron chi connectivity index (χ2n) is 7.15. The third kappa shape index (κ3) is 6.73. The molecule has 2 atom stereocenters. The zero-order valence-electron chi connectivity index (χ0n) is 16.2. The molecule has 2 aromatic carbocycles. The standard InChI is InChI=1S/C25H30O2/c1-2-9-24(26-19-22-10-5-3-6-11-22)16-14-21-15-17-25(18-21)27-20-23-12-7-4-8-13-23/h3-8,10-13,15,17-18,21,24H,2,9,14,16,19-20H2,1H3. The van der Waals surface area contributed by atoms with E-state index in [-0.39, 0.29) is 0 Å². The van der Waals surface area contributed by atoms with Gasteiger partial charge in [0.1, 0.15) is 12.4 Å². The van der Waals surface area contributed by atoms with Crippen molar-refractivity contribution in [2.75, 3.05) is 0 Å². The Hall–Kier alpha value is -2.32. The highest BCUT2D eigenvalue weighted by Gasteiger charge is 2.15. The highest BCUT2D eigenvalue weighted by molar-refractivity contribution is 5.25. The molecule has 3 rings (SSSR count). The SMILES string of the molecule is CCCC(CCC1C=CC(OCc2ccccc2)=C1)OCc1ccccc1. The summed E-state index contributed by atoms with van der Waals surface area (Å²) in [4.78, 5) is 0. The average molecular weight is 363 g/mol. The largest absolute Gasteiger partial charge is 0.489 e. The third-order valence-corrected chi connectivity index (χ3v) is 4.90. The molecule has 0 fully saturated rings. The molecule has 0 bridgehead atoms. The van der Waals surface area contributed by atoms with Gasteiger partial charge in [-0.1, -0.05) is 80.1 Å². The fourth-order valence-electron chi connectivity index (χ4n) is 3.36. The van der Waals surface area contributed by atoms with Crippen LogP contribution in [0.2, 0.25) is 0 Å². The van der Waals surface area contributed by atoms with Crippen molar-refractivity contribution in [1.29, 1.82) is 0 Å². The number of ether oxygens (including phenoxy) is 2. The van der Waals surface area contributed by atoms with Crippen LogP contribution in [-0.2, 0) is 22.7 Å². The Morgan fingerprint density at radius 3 is 2.19 bits per heavy atom. The second-order valence-corrected chi connectivity index (χ2v) is 7.15. The summed E-state index contributed by atoms with van der Waals surface area (Å²) < 4.78 is 12.1. The van der Waals surface area contributed by atoms with Crippen molar-refractivity contribution in [2.24, 2.45) is 5.92 Å². The van der Waals surface area contributed by atoms with Crippen LogP contribution in [0.25, 0.3) is 0 Å². The number of hydrogen-bond acceptors (Lipinski definition) is 2. The fourth-order valence-corrected chi connectivity index (χ4v) is 3.36. The zero-order valence-corrected chi connectivity index (χ0v) is 16.2. The van der Waals surface area contributed by atoms with Crippen molar-refractivity contribution in [2.45, 2.75) is 51.9 Å². The molecule has 0 aliphatic heterocycles. The van der Waals surface area contributed by atoms with E-state index in [0.29, 0.717) is 25.2 Å². The molecule has 0 spiro atoms. The number of allylic oxidation sites excluding steroid dienone is 3. The van der Waals surface area contributed by atoms with Gasteiger partial charge < -0.3 is 9.47 Å². The van der Waals surface area contributed by atoms with Gasteiger partial charge in [-0.15, -0.1) is 0 Å². The first-order valence-electron chi connectivity index (χ1n) is 10.1. The molecular weight excluding hydrogens is 332 g/mol. The van der Waals surface area contributed by atoms with Gasteiger partial charge in [0.25, 0.3) is 0 Å². The molecule has 2 nitrogen and oxygen atoms in total. The smallest absolute Gasteiger partial charge is 0.116 e. The van der Waals surface area contributed by atoms with E-state index in [0.717, 1.165) is 31.4 Å². The lowest BCUT2D eigenvalue weighted by Gasteiger charge is -2.18. The topological polar surface area (TPSA) is 18.5 Å². The molecule has 0 radical (unpaired) electrons. The van der Waals surface area contributed by atoms with Gasteiger partial charge in [-0.2, -0.15) is 0 Å². The number of rotatable bonds is 11. The maximum atomic E-state index is 6.18. The molecule has 142 valence electrons. The average Bonchev–Trinajstić information content (AvgIpc) is 3.18. The Bertz CT molecular complexity index is 719. The van der Waals surface area contributed by atoms with Gasteiger partial charge in [0.15, 0.2) is 0 Å². The van der Waals surface area contributed by atoms with E-state index >= 15 is 0 Å². The summed E-state index contributed by atoms with van der Waals surface area (Å²) in [6, 6.07) is 20.7. The quantitative estimate of drug-likeness (QED) is 0.458. The summed E-state index contributed by atoms with van der Waals surface area (Å²) >= 11 is 0. The predicted octanol–water partition coefficient (Wildman–Crippen LogP) is 6.44. The van der Waals surface area contributed by atoms with Gasteiger partial charge in [0, 0.05) is 0 Å². The van der Waals surface area contributed by atoms with Gasteiger partial charge in [0.05, 0.1) is 12.7 Å². The molecule has 2 heteroatoms. The van der Waals surface area contributed by atoms with Crippen molar-refractivity contribution in [1.82, 2.24) is 0 Å². The second kappa shape index (κ2) is 10.7. The van der Waals surface area contributed by atoms with Gasteiger partial charge in [0.2, 0.25) is 0 Å². The summed E-state index contributed by atoms with van der Waals surface area (Å²) in [7, 11) is 0. The summed E-state index contributed by atoms with van der Waals surface area (Å²) in [5.41, 5.74) is 2.45. The van der Waals surface area contributed by atoms with Gasteiger partial charge in [-0.3, -0.25) is 0 Å². The molecule has 2 unspecified atom stereocenters. The van der Waals surface area contributed by atoms with Crippen molar-refractivity contribution >= 4 is 0 Å². The summed E-state index contributed by atoms with van der Waals surface area (Å²) in [6.45, 7) is 3.56. The van der Waals surface area contributed by atoms with E-state index in [4.69, 9.17) is 9.47 Å². The maximum Gasteiger partial charge on any atom is 0.116 e. The molecule has 2 aromatic rings. The molecule has 0 N–H and O–H groups in total. The monoisotopic (exact) mass is 362 g/mol. The number of hydrogen-bond donors (Lipinski definition) is 0. The van der Waals surface area contributed by atoms with E-state index in [1.807, 2.05) is 24.3 Å². The van der Waals surface area contributed by atoms with Crippen LogP contribution in [0.15, 0.2) is 84.7 Å². The van der Waals surface area contributed by atoms with E-state index < -0.39 is 0 Å². The minimum atomic E-state index is 0.325. The fraction of sp³-hybridized carbons (Fsp3) is 0.360. The first kappa shape index (κ1) is 19.4. The number of benzene rings is 2. The van der Waals surface area contributed by atoms with Crippen LogP contribution in [0.3, 0.4) is 0 Å². The Labute approximate surface area is 163 Å². The molecule has 0 amide bonds. The van der Waals surface area contributed by atoms with E-state index in [1.165, 1.54) is 11.1 Å². The molecule has 27 heavy (non-hydrogen) atoms. The van der Waals surface area contributed by atoms with Gasteiger partial charge >= 0.3 is 0 Å². The Kier molecular flexibility index (Phi) is 7.73. The molecule has 1 aliphatic rings. The summed E-state index contributed by atoms with van der Waals surface area (Å²) in [5, 5.41) is 0. The van der Waals surface area contributed by atoms with Gasteiger partial charge in [-0.25, -0.2) is 0 Å². The Morgan fingerprint density at radius 2 is 1.52 bits per heavy atom. The van der Waals surface area contributed by atoms with Crippen LogP contribution in [0.4, 0.5) is 0 Å². The van der Waals surface area contributed by atoms with Crippen molar-refractivity contribution in [3.63, 3.8) is 0 Å². The lowest BCUT2D eigenvalue weighted by atomic mass is 10.0. The maximum absolute atomic E-state index is 6.18. The lowest BCUT2D eigenvalue weighted by Crippen LogP contribution is -2.14. The summed E-state index contributed by atoms with van der Waals surface area (Å²) in [5.74, 6) is 1.44. The first-order valence-corrected chi connectivity index (χ1v) is 10.1. The van der Waals surface area contributed by atoms with Crippen LogP contribution in [-0.4, -0.2) is 6.10 Å². The molecule has 0 saturated heterocycles. The van der Waals surface area contributed by atoms with Crippen LogP contribution in [0.1, 0.15) is 43.7 Å². The Morgan fingerprint density at radius 1 is 0.852 bits per heavy atom. The van der Waals surface area contributed by atoms with Gasteiger partial charge in [-0.05, 0) is 48.5 Å². The van der Waals surface area contributed by atoms with Crippen molar-refractivity contribution in [3.8, 4) is 0 Å². The molecule has 0 heterocycles. The van der Waals surface area contributed by atoms with Crippen LogP contribution >= 0.6 is 0 Å². The Balaban J connectivity index is 1.42. The predicted molar refractivity (Wildman–Crippen MR) is 111 cm³/mol. The van der Waals surface area contributed by atoms with E-state index in [9.17, 15) is 0 Å². The first-order chi connectivity index (χ1) is 13.3. The van der Waals surface area contributed by atoms with Crippen LogP contribution in [0, 0.1) is 5.92 Å². The van der Waals surface area contributed by atoms with Crippen molar-refractivity contribution < 1.29 is 9.47 Å². The molecule has 0 saturated carbocycles. The minimum absolute atomic E-state index is 0.325. The van der Waals surface area contributed by atoms with Crippen LogP contribution in [0.5, 0.6) is 0 Å². The molecule has 1 aliphatic carbocycles. The van der Waals surface area contributed by atoms with Crippen LogP contribution < -0.4 is 0 Å². The highest BCUT2D eigenvalue weighted by atomic mass is 16.5.